The first kappa shape index (κ1) is 23.1. The maximum absolute atomic E-state index is 12.4. The van der Waals surface area contributed by atoms with E-state index in [2.05, 4.69) is 15.5 Å². The van der Waals surface area contributed by atoms with Gasteiger partial charge in [-0.2, -0.15) is 4.98 Å². The Morgan fingerprint density at radius 3 is 2.34 bits per heavy atom. The first-order chi connectivity index (χ1) is 15.5. The second-order valence-electron chi connectivity index (χ2n) is 6.63. The van der Waals surface area contributed by atoms with Crippen LogP contribution < -0.4 is 5.32 Å². The average molecular weight is 458 g/mol. The number of hydrogen-bond donors (Lipinski definition) is 1. The Morgan fingerprint density at radius 1 is 1.06 bits per heavy atom. The van der Waals surface area contributed by atoms with E-state index in [0.29, 0.717) is 30.2 Å². The Balaban J connectivity index is 1.60. The standard InChI is InChI=1S/C22H23N3O6S/c1-3-29-21(27)14-11-15(22(28)30-4-2)13-16(12-14)23-18(26)8-5-9-19-24-20(25-31-19)17-7-6-10-32-17/h6-7,10-13H,3-5,8-9H2,1-2H3,(H,23,26). The molecule has 9 nitrogen and oxygen atoms in total. The van der Waals surface area contributed by atoms with Crippen molar-refractivity contribution in [2.45, 2.75) is 33.1 Å². The van der Waals surface area contributed by atoms with E-state index in [1.165, 1.54) is 29.5 Å². The fraction of sp³-hybridized carbons (Fsp3) is 0.318. The summed E-state index contributed by atoms with van der Waals surface area (Å²) in [7, 11) is 0. The molecule has 0 aliphatic rings. The molecular weight excluding hydrogens is 434 g/mol. The molecular formula is C22H23N3O6S. The van der Waals surface area contributed by atoms with Crippen molar-refractivity contribution in [1.29, 1.82) is 0 Å². The molecule has 2 aromatic heterocycles. The lowest BCUT2D eigenvalue weighted by Crippen LogP contribution is -2.15. The highest BCUT2D eigenvalue weighted by Gasteiger charge is 2.16. The summed E-state index contributed by atoms with van der Waals surface area (Å²) in [5.74, 6) is -0.477. The summed E-state index contributed by atoms with van der Waals surface area (Å²) in [6.45, 7) is 3.74. The second-order valence-corrected chi connectivity index (χ2v) is 7.58. The average Bonchev–Trinajstić information content (AvgIpc) is 3.46. The minimum atomic E-state index is -0.591. The van der Waals surface area contributed by atoms with E-state index in [-0.39, 0.29) is 36.7 Å². The Bertz CT molecular complexity index is 1040. The number of nitrogens with zero attached hydrogens (tertiary/aromatic N) is 2. The topological polar surface area (TPSA) is 121 Å². The van der Waals surface area contributed by atoms with Gasteiger partial charge >= 0.3 is 11.9 Å². The third kappa shape index (κ3) is 6.24. The molecule has 0 radical (unpaired) electrons. The Kier molecular flexibility index (Phi) is 8.09. The van der Waals surface area contributed by atoms with Crippen molar-refractivity contribution in [3.05, 3.63) is 52.7 Å². The number of hydrogen-bond acceptors (Lipinski definition) is 9. The summed E-state index contributed by atoms with van der Waals surface area (Å²) in [4.78, 5) is 41.9. The monoisotopic (exact) mass is 457 g/mol. The van der Waals surface area contributed by atoms with Gasteiger partial charge in [0.1, 0.15) is 0 Å². The molecule has 1 aromatic carbocycles. The lowest BCUT2D eigenvalue weighted by atomic mass is 10.1. The van der Waals surface area contributed by atoms with Crippen molar-refractivity contribution in [3.63, 3.8) is 0 Å². The normalized spacial score (nSPS) is 10.6. The van der Waals surface area contributed by atoms with E-state index in [9.17, 15) is 14.4 Å². The molecule has 0 spiro atoms. The van der Waals surface area contributed by atoms with Gasteiger partial charge in [-0.3, -0.25) is 4.79 Å². The minimum Gasteiger partial charge on any atom is -0.462 e. The molecule has 1 N–H and O–H groups in total. The van der Waals surface area contributed by atoms with Crippen LogP contribution in [-0.2, 0) is 20.7 Å². The number of carbonyl (C=O) groups excluding carboxylic acids is 3. The van der Waals surface area contributed by atoms with Crippen LogP contribution in [0.2, 0.25) is 0 Å². The number of esters is 2. The molecule has 2 heterocycles. The van der Waals surface area contributed by atoms with Gasteiger partial charge in [0.25, 0.3) is 0 Å². The molecule has 0 fully saturated rings. The van der Waals surface area contributed by atoms with Crippen molar-refractivity contribution in [1.82, 2.24) is 10.1 Å². The van der Waals surface area contributed by atoms with E-state index >= 15 is 0 Å². The maximum Gasteiger partial charge on any atom is 0.338 e. The number of rotatable bonds is 10. The SMILES string of the molecule is CCOC(=O)c1cc(NC(=O)CCCc2nc(-c3cccs3)no2)cc(C(=O)OCC)c1. The van der Waals surface area contributed by atoms with Gasteiger partial charge in [-0.15, -0.1) is 11.3 Å². The number of anilines is 1. The molecule has 10 heteroatoms. The van der Waals surface area contributed by atoms with Gasteiger partial charge in [0, 0.05) is 18.5 Å². The Morgan fingerprint density at radius 2 is 1.75 bits per heavy atom. The molecule has 168 valence electrons. The van der Waals surface area contributed by atoms with Crippen LogP contribution in [0.15, 0.2) is 40.2 Å². The first-order valence-electron chi connectivity index (χ1n) is 10.2. The molecule has 1 amide bonds. The summed E-state index contributed by atoms with van der Waals surface area (Å²) >= 11 is 1.52. The largest absolute Gasteiger partial charge is 0.462 e. The molecule has 0 aliphatic heterocycles. The lowest BCUT2D eigenvalue weighted by molar-refractivity contribution is -0.116. The summed E-state index contributed by atoms with van der Waals surface area (Å²) in [6.07, 6.45) is 1.12. The van der Waals surface area contributed by atoms with Crippen LogP contribution in [0.5, 0.6) is 0 Å². The van der Waals surface area contributed by atoms with Gasteiger partial charge in [-0.1, -0.05) is 11.2 Å². The zero-order valence-corrected chi connectivity index (χ0v) is 18.6. The van der Waals surface area contributed by atoms with Crippen molar-refractivity contribution in [3.8, 4) is 10.7 Å². The maximum atomic E-state index is 12.4. The van der Waals surface area contributed by atoms with Gasteiger partial charge in [0.05, 0.1) is 29.2 Å². The van der Waals surface area contributed by atoms with Gasteiger partial charge in [0.15, 0.2) is 0 Å². The number of benzene rings is 1. The summed E-state index contributed by atoms with van der Waals surface area (Å²) in [6, 6.07) is 8.12. The molecule has 0 aliphatic carbocycles. The number of thiophene rings is 1. The van der Waals surface area contributed by atoms with Crippen molar-refractivity contribution >= 4 is 34.9 Å². The number of amides is 1. The highest BCUT2D eigenvalue weighted by molar-refractivity contribution is 7.13. The van der Waals surface area contributed by atoms with Crippen LogP contribution in [-0.4, -0.2) is 41.2 Å². The second kappa shape index (κ2) is 11.2. The summed E-state index contributed by atoms with van der Waals surface area (Å²) in [5, 5.41) is 8.58. The number of ether oxygens (including phenoxy) is 2. The van der Waals surface area contributed by atoms with Crippen molar-refractivity contribution in [2.75, 3.05) is 18.5 Å². The highest BCUT2D eigenvalue weighted by Crippen LogP contribution is 2.22. The van der Waals surface area contributed by atoms with Crippen LogP contribution in [0, 0.1) is 0 Å². The summed E-state index contributed by atoms with van der Waals surface area (Å²) in [5.41, 5.74) is 0.612. The molecule has 0 bridgehead atoms. The highest BCUT2D eigenvalue weighted by atomic mass is 32.1. The number of nitrogens with one attached hydrogen (secondary N) is 1. The number of aromatic nitrogens is 2. The van der Waals surface area contributed by atoms with Crippen molar-refractivity contribution in [2.24, 2.45) is 0 Å². The van der Waals surface area contributed by atoms with Crippen LogP contribution in [0.1, 0.15) is 53.3 Å². The molecule has 32 heavy (non-hydrogen) atoms. The molecule has 0 saturated carbocycles. The van der Waals surface area contributed by atoms with Gasteiger partial charge in [-0.25, -0.2) is 9.59 Å². The molecule has 0 atom stereocenters. The third-order valence-electron chi connectivity index (χ3n) is 4.24. The van der Waals surface area contributed by atoms with Gasteiger partial charge in [-0.05, 0) is 49.9 Å². The predicted molar refractivity (Wildman–Crippen MR) is 118 cm³/mol. The lowest BCUT2D eigenvalue weighted by Gasteiger charge is -2.10. The van der Waals surface area contributed by atoms with Gasteiger partial charge < -0.3 is 19.3 Å². The molecule has 0 unspecified atom stereocenters. The number of aryl methyl sites for hydroxylation is 1. The quantitative estimate of drug-likeness (QED) is 0.452. The van der Waals surface area contributed by atoms with E-state index in [1.807, 2.05) is 17.5 Å². The van der Waals surface area contributed by atoms with Crippen LogP contribution in [0.25, 0.3) is 10.7 Å². The molecule has 0 saturated heterocycles. The van der Waals surface area contributed by atoms with E-state index in [1.54, 1.807) is 13.8 Å². The minimum absolute atomic E-state index is 0.152. The van der Waals surface area contributed by atoms with Crippen LogP contribution in [0.4, 0.5) is 5.69 Å². The van der Waals surface area contributed by atoms with E-state index < -0.39 is 11.9 Å². The fourth-order valence-electron chi connectivity index (χ4n) is 2.85. The fourth-order valence-corrected chi connectivity index (χ4v) is 3.50. The Labute approximate surface area is 188 Å². The number of carbonyl (C=O) groups is 3. The zero-order valence-electron chi connectivity index (χ0n) is 17.8. The van der Waals surface area contributed by atoms with Crippen molar-refractivity contribution < 1.29 is 28.4 Å². The first-order valence-corrected chi connectivity index (χ1v) is 11.0. The summed E-state index contributed by atoms with van der Waals surface area (Å²) < 4.78 is 15.2. The van der Waals surface area contributed by atoms with Crippen LogP contribution in [0.3, 0.4) is 0 Å². The van der Waals surface area contributed by atoms with E-state index in [0.717, 1.165) is 4.88 Å². The Hall–Kier alpha value is -3.53. The third-order valence-corrected chi connectivity index (χ3v) is 5.11. The van der Waals surface area contributed by atoms with Gasteiger partial charge in [0.2, 0.25) is 17.6 Å². The predicted octanol–water partition coefficient (Wildman–Crippen LogP) is 4.11. The smallest absolute Gasteiger partial charge is 0.338 e. The van der Waals surface area contributed by atoms with E-state index in [4.69, 9.17) is 14.0 Å². The zero-order chi connectivity index (χ0) is 22.9. The molecule has 3 rings (SSSR count). The molecule has 3 aromatic rings. The van der Waals surface area contributed by atoms with Crippen LogP contribution >= 0.6 is 11.3 Å².